The minimum Gasteiger partial charge on any atom is -0.369 e. The van der Waals surface area contributed by atoms with Gasteiger partial charge in [-0.05, 0) is 36.7 Å². The summed E-state index contributed by atoms with van der Waals surface area (Å²) in [5.74, 6) is 1.45. The van der Waals surface area contributed by atoms with Crippen molar-refractivity contribution in [1.29, 1.82) is 0 Å². The predicted molar refractivity (Wildman–Crippen MR) is 113 cm³/mol. The van der Waals surface area contributed by atoms with Crippen LogP contribution < -0.4 is 10.2 Å². The molecule has 1 N–H and O–H groups in total. The number of para-hydroxylation sites is 1. The fourth-order valence-corrected chi connectivity index (χ4v) is 3.99. The lowest BCUT2D eigenvalue weighted by molar-refractivity contribution is -0.118. The molecule has 6 heteroatoms. The summed E-state index contributed by atoms with van der Waals surface area (Å²) < 4.78 is 0. The summed E-state index contributed by atoms with van der Waals surface area (Å²) in [5.41, 5.74) is 2.47. The van der Waals surface area contributed by atoms with Gasteiger partial charge in [0.15, 0.2) is 0 Å². The van der Waals surface area contributed by atoms with Crippen molar-refractivity contribution in [2.45, 2.75) is 12.2 Å². The van der Waals surface area contributed by atoms with Crippen molar-refractivity contribution in [3.8, 4) is 0 Å². The Balaban J connectivity index is 1.23. The van der Waals surface area contributed by atoms with Crippen LogP contribution in [0, 0.1) is 0 Å². The zero-order chi connectivity index (χ0) is 18.7. The van der Waals surface area contributed by atoms with Gasteiger partial charge in [-0.1, -0.05) is 24.3 Å². The second-order valence-corrected chi connectivity index (χ2v) is 7.71. The van der Waals surface area contributed by atoms with Crippen molar-refractivity contribution < 1.29 is 4.79 Å². The molecule has 0 aliphatic carbocycles. The van der Waals surface area contributed by atoms with Crippen LogP contribution in [-0.4, -0.2) is 60.8 Å². The lowest BCUT2D eigenvalue weighted by Gasteiger charge is -2.36. The lowest BCUT2D eigenvalue weighted by atomic mass is 10.2. The van der Waals surface area contributed by atoms with Crippen LogP contribution in [-0.2, 0) is 10.5 Å². The van der Waals surface area contributed by atoms with Gasteiger partial charge < -0.3 is 10.2 Å². The third-order valence-electron chi connectivity index (χ3n) is 4.69. The molecule has 1 aliphatic heterocycles. The Morgan fingerprint density at radius 2 is 1.89 bits per heavy atom. The number of nitrogens with one attached hydrogen (secondary N) is 1. The maximum absolute atomic E-state index is 11.9. The minimum atomic E-state index is 0.123. The molecule has 2 heterocycles. The second-order valence-electron chi connectivity index (χ2n) is 6.72. The Hall–Kier alpha value is -2.05. The number of hydrogen-bond acceptors (Lipinski definition) is 5. The molecule has 2 aromatic rings. The van der Waals surface area contributed by atoms with Gasteiger partial charge in [0.25, 0.3) is 0 Å². The molecule has 1 saturated heterocycles. The zero-order valence-corrected chi connectivity index (χ0v) is 16.5. The Labute approximate surface area is 166 Å². The number of piperazine rings is 1. The van der Waals surface area contributed by atoms with Gasteiger partial charge in [-0.3, -0.25) is 14.7 Å². The topological polar surface area (TPSA) is 48.5 Å². The van der Waals surface area contributed by atoms with E-state index < -0.39 is 0 Å². The molecular formula is C21H28N4OS. The van der Waals surface area contributed by atoms with E-state index in [1.165, 1.54) is 5.69 Å². The molecule has 1 aromatic heterocycles. The van der Waals surface area contributed by atoms with Crippen LogP contribution in [0.1, 0.15) is 12.0 Å². The van der Waals surface area contributed by atoms with Crippen molar-refractivity contribution in [2.24, 2.45) is 0 Å². The molecule has 1 aliphatic rings. The Morgan fingerprint density at radius 1 is 1.07 bits per heavy atom. The average molecular weight is 385 g/mol. The van der Waals surface area contributed by atoms with Crippen LogP contribution in [0.15, 0.2) is 54.9 Å². The summed E-state index contributed by atoms with van der Waals surface area (Å²) in [7, 11) is 0. The molecular weight excluding hydrogens is 356 g/mol. The zero-order valence-electron chi connectivity index (χ0n) is 15.7. The van der Waals surface area contributed by atoms with E-state index >= 15 is 0 Å². The molecule has 144 valence electrons. The highest BCUT2D eigenvalue weighted by Gasteiger charge is 2.16. The van der Waals surface area contributed by atoms with Gasteiger partial charge in [0.05, 0.1) is 5.75 Å². The Morgan fingerprint density at radius 3 is 2.63 bits per heavy atom. The molecule has 0 atom stereocenters. The third kappa shape index (κ3) is 6.88. The molecule has 0 saturated carbocycles. The van der Waals surface area contributed by atoms with Gasteiger partial charge in [-0.15, -0.1) is 11.8 Å². The number of aromatic nitrogens is 1. The van der Waals surface area contributed by atoms with Crippen LogP contribution >= 0.6 is 11.8 Å². The van der Waals surface area contributed by atoms with E-state index in [0.717, 1.165) is 57.0 Å². The summed E-state index contributed by atoms with van der Waals surface area (Å²) >= 11 is 1.63. The number of thioether (sulfide) groups is 1. The van der Waals surface area contributed by atoms with Gasteiger partial charge in [0, 0.05) is 56.6 Å². The lowest BCUT2D eigenvalue weighted by Crippen LogP contribution is -2.47. The van der Waals surface area contributed by atoms with Crippen LogP contribution in [0.2, 0.25) is 0 Å². The smallest absolute Gasteiger partial charge is 0.230 e. The highest BCUT2D eigenvalue weighted by molar-refractivity contribution is 7.99. The number of anilines is 1. The largest absolute Gasteiger partial charge is 0.369 e. The first-order chi connectivity index (χ1) is 13.3. The summed E-state index contributed by atoms with van der Waals surface area (Å²) in [5, 5.41) is 3.03. The van der Waals surface area contributed by atoms with Crippen molar-refractivity contribution >= 4 is 23.4 Å². The average Bonchev–Trinajstić information content (AvgIpc) is 2.73. The number of benzene rings is 1. The molecule has 5 nitrogen and oxygen atoms in total. The number of carbonyl (C=O) groups is 1. The van der Waals surface area contributed by atoms with Crippen molar-refractivity contribution in [3.05, 3.63) is 60.4 Å². The number of rotatable bonds is 9. The third-order valence-corrected chi connectivity index (χ3v) is 5.70. The highest BCUT2D eigenvalue weighted by Crippen LogP contribution is 2.15. The van der Waals surface area contributed by atoms with Crippen LogP contribution in [0.25, 0.3) is 0 Å². The van der Waals surface area contributed by atoms with Gasteiger partial charge in [0.1, 0.15) is 0 Å². The molecule has 1 amide bonds. The van der Waals surface area contributed by atoms with E-state index in [1.807, 2.05) is 18.3 Å². The SMILES string of the molecule is O=C(CSCc1cccnc1)NCCCN1CCN(c2ccccc2)CC1. The van der Waals surface area contributed by atoms with Crippen molar-refractivity contribution in [2.75, 3.05) is 49.9 Å². The standard InChI is InChI=1S/C21H28N4OS/c26-21(18-27-17-19-6-4-9-22-16-19)23-10-5-11-24-12-14-25(15-13-24)20-7-2-1-3-8-20/h1-4,6-9,16H,5,10-15,17-18H2,(H,23,26). The van der Waals surface area contributed by atoms with Crippen LogP contribution in [0.5, 0.6) is 0 Å². The van der Waals surface area contributed by atoms with Crippen molar-refractivity contribution in [1.82, 2.24) is 15.2 Å². The number of hydrogen-bond donors (Lipinski definition) is 1. The molecule has 0 unspecified atom stereocenters. The molecule has 27 heavy (non-hydrogen) atoms. The molecule has 1 fully saturated rings. The number of nitrogens with zero attached hydrogens (tertiary/aromatic N) is 3. The van der Waals surface area contributed by atoms with E-state index in [4.69, 9.17) is 0 Å². The van der Waals surface area contributed by atoms with Gasteiger partial charge in [-0.2, -0.15) is 0 Å². The summed E-state index contributed by atoms with van der Waals surface area (Å²) in [4.78, 5) is 20.9. The Bertz CT molecular complexity index is 675. The monoisotopic (exact) mass is 384 g/mol. The summed E-state index contributed by atoms with van der Waals surface area (Å²) in [6.45, 7) is 6.12. The first-order valence-electron chi connectivity index (χ1n) is 9.57. The van der Waals surface area contributed by atoms with E-state index in [9.17, 15) is 4.79 Å². The van der Waals surface area contributed by atoms with Gasteiger partial charge in [-0.25, -0.2) is 0 Å². The van der Waals surface area contributed by atoms with Crippen molar-refractivity contribution in [3.63, 3.8) is 0 Å². The fraction of sp³-hybridized carbons (Fsp3) is 0.429. The maximum Gasteiger partial charge on any atom is 0.230 e. The first-order valence-corrected chi connectivity index (χ1v) is 10.7. The summed E-state index contributed by atoms with van der Waals surface area (Å²) in [6.07, 6.45) is 4.62. The fourth-order valence-electron chi connectivity index (χ4n) is 3.20. The van der Waals surface area contributed by atoms with E-state index in [2.05, 4.69) is 50.4 Å². The Kier molecular flexibility index (Phi) is 7.99. The van der Waals surface area contributed by atoms with Gasteiger partial charge in [0.2, 0.25) is 5.91 Å². The van der Waals surface area contributed by atoms with Crippen LogP contribution in [0.3, 0.4) is 0 Å². The highest BCUT2D eigenvalue weighted by atomic mass is 32.2. The molecule has 0 spiro atoms. The number of carbonyl (C=O) groups excluding carboxylic acids is 1. The predicted octanol–water partition coefficient (Wildman–Crippen LogP) is 2.64. The van der Waals surface area contributed by atoms with E-state index in [1.54, 1.807) is 18.0 Å². The normalized spacial score (nSPS) is 14.9. The van der Waals surface area contributed by atoms with Crippen LogP contribution in [0.4, 0.5) is 5.69 Å². The molecule has 0 bridgehead atoms. The maximum atomic E-state index is 11.9. The minimum absolute atomic E-state index is 0.123. The van der Waals surface area contributed by atoms with Gasteiger partial charge >= 0.3 is 0 Å². The second kappa shape index (κ2) is 10.9. The molecule has 0 radical (unpaired) electrons. The molecule has 3 rings (SSSR count). The first kappa shape index (κ1) is 19.7. The quantitative estimate of drug-likeness (QED) is 0.674. The molecule has 1 aromatic carbocycles. The van der Waals surface area contributed by atoms with E-state index in [-0.39, 0.29) is 5.91 Å². The summed E-state index contributed by atoms with van der Waals surface area (Å²) in [6, 6.07) is 14.6. The number of amides is 1. The van der Waals surface area contributed by atoms with E-state index in [0.29, 0.717) is 5.75 Å². The number of pyridine rings is 1.